The molecule has 0 atom stereocenters. The van der Waals surface area contributed by atoms with Crippen LogP contribution in [0.4, 0.5) is 10.8 Å². The predicted molar refractivity (Wildman–Crippen MR) is 104 cm³/mol. The SMILES string of the molecule is COc1ccc(Nc2nnc(SCCOc3ccc(C)cc3)s2)cc1. The van der Waals surface area contributed by atoms with Gasteiger partial charge in [-0.2, -0.15) is 0 Å². The molecule has 0 aliphatic rings. The minimum Gasteiger partial charge on any atom is -0.497 e. The van der Waals surface area contributed by atoms with Gasteiger partial charge in [-0.15, -0.1) is 10.2 Å². The van der Waals surface area contributed by atoms with Crippen molar-refractivity contribution in [1.29, 1.82) is 0 Å². The Hall–Kier alpha value is -2.25. The monoisotopic (exact) mass is 373 g/mol. The number of hydrogen-bond donors (Lipinski definition) is 1. The van der Waals surface area contributed by atoms with Crippen LogP contribution >= 0.6 is 23.1 Å². The average Bonchev–Trinajstić information content (AvgIpc) is 3.08. The number of anilines is 2. The molecule has 0 saturated carbocycles. The molecule has 0 bridgehead atoms. The number of thioether (sulfide) groups is 1. The number of benzene rings is 2. The van der Waals surface area contributed by atoms with Crippen LogP contribution in [0, 0.1) is 6.92 Å². The van der Waals surface area contributed by atoms with Gasteiger partial charge in [0, 0.05) is 11.4 Å². The Kier molecular flexibility index (Phi) is 6.14. The van der Waals surface area contributed by atoms with E-state index in [4.69, 9.17) is 9.47 Å². The van der Waals surface area contributed by atoms with Crippen LogP contribution in [-0.4, -0.2) is 29.7 Å². The number of nitrogens with one attached hydrogen (secondary N) is 1. The third-order valence-electron chi connectivity index (χ3n) is 3.35. The van der Waals surface area contributed by atoms with Gasteiger partial charge in [0.05, 0.1) is 13.7 Å². The molecule has 5 nitrogen and oxygen atoms in total. The molecule has 0 amide bonds. The first-order valence-corrected chi connectivity index (χ1v) is 9.60. The van der Waals surface area contributed by atoms with Gasteiger partial charge in [0.25, 0.3) is 0 Å². The van der Waals surface area contributed by atoms with E-state index in [2.05, 4.69) is 22.4 Å². The molecule has 2 aromatic carbocycles. The average molecular weight is 374 g/mol. The minimum atomic E-state index is 0.633. The Labute approximate surface area is 155 Å². The summed E-state index contributed by atoms with van der Waals surface area (Å²) in [5, 5.41) is 12.4. The normalized spacial score (nSPS) is 10.5. The highest BCUT2D eigenvalue weighted by Crippen LogP contribution is 2.28. The Morgan fingerprint density at radius 3 is 2.44 bits per heavy atom. The van der Waals surface area contributed by atoms with E-state index in [0.717, 1.165) is 32.4 Å². The van der Waals surface area contributed by atoms with E-state index in [0.29, 0.717) is 6.61 Å². The van der Waals surface area contributed by atoms with Gasteiger partial charge < -0.3 is 14.8 Å². The summed E-state index contributed by atoms with van der Waals surface area (Å²) in [6.07, 6.45) is 0. The lowest BCUT2D eigenvalue weighted by Gasteiger charge is -2.05. The third kappa shape index (κ3) is 5.37. The zero-order chi connectivity index (χ0) is 17.5. The predicted octanol–water partition coefficient (Wildman–Crippen LogP) is 4.77. The second-order valence-electron chi connectivity index (χ2n) is 5.24. The number of nitrogens with zero attached hydrogens (tertiary/aromatic N) is 2. The summed E-state index contributed by atoms with van der Waals surface area (Å²) in [5.41, 5.74) is 2.18. The van der Waals surface area contributed by atoms with Crippen molar-refractivity contribution in [3.05, 3.63) is 54.1 Å². The number of ether oxygens (including phenoxy) is 2. The maximum absolute atomic E-state index is 5.72. The van der Waals surface area contributed by atoms with Crippen molar-refractivity contribution in [2.75, 3.05) is 24.8 Å². The second kappa shape index (κ2) is 8.73. The van der Waals surface area contributed by atoms with Crippen LogP contribution in [0.1, 0.15) is 5.56 Å². The lowest BCUT2D eigenvalue weighted by Crippen LogP contribution is -1.99. The molecule has 1 N–H and O–H groups in total. The Balaban J connectivity index is 1.44. The Morgan fingerprint density at radius 2 is 1.72 bits per heavy atom. The molecule has 0 unspecified atom stereocenters. The largest absolute Gasteiger partial charge is 0.497 e. The standard InChI is InChI=1S/C18H19N3O2S2/c1-13-3-7-16(8-4-13)23-11-12-24-18-21-20-17(25-18)19-14-5-9-15(22-2)10-6-14/h3-10H,11-12H2,1-2H3,(H,19,20). The van der Waals surface area contributed by atoms with E-state index >= 15 is 0 Å². The fourth-order valence-corrected chi connectivity index (χ4v) is 3.70. The van der Waals surface area contributed by atoms with Gasteiger partial charge in [-0.05, 0) is 43.3 Å². The third-order valence-corrected chi connectivity index (χ3v) is 5.28. The fourth-order valence-electron chi connectivity index (χ4n) is 2.04. The summed E-state index contributed by atoms with van der Waals surface area (Å²) in [4.78, 5) is 0. The lowest BCUT2D eigenvalue weighted by atomic mass is 10.2. The van der Waals surface area contributed by atoms with Crippen molar-refractivity contribution in [2.24, 2.45) is 0 Å². The van der Waals surface area contributed by atoms with Gasteiger partial charge in [0.1, 0.15) is 11.5 Å². The van der Waals surface area contributed by atoms with Gasteiger partial charge in [-0.1, -0.05) is 40.8 Å². The second-order valence-corrected chi connectivity index (χ2v) is 7.56. The van der Waals surface area contributed by atoms with Crippen molar-refractivity contribution >= 4 is 33.9 Å². The highest BCUT2D eigenvalue weighted by molar-refractivity contribution is 8.01. The van der Waals surface area contributed by atoms with Crippen molar-refractivity contribution in [3.63, 3.8) is 0 Å². The molecule has 3 aromatic rings. The Bertz CT molecular complexity index is 789. The zero-order valence-electron chi connectivity index (χ0n) is 14.1. The molecule has 130 valence electrons. The number of rotatable bonds is 8. The van der Waals surface area contributed by atoms with Gasteiger partial charge in [-0.3, -0.25) is 0 Å². The van der Waals surface area contributed by atoms with Gasteiger partial charge in [0.2, 0.25) is 5.13 Å². The van der Waals surface area contributed by atoms with E-state index in [-0.39, 0.29) is 0 Å². The highest BCUT2D eigenvalue weighted by atomic mass is 32.2. The first-order valence-electron chi connectivity index (χ1n) is 7.80. The van der Waals surface area contributed by atoms with E-state index in [9.17, 15) is 0 Å². The fraction of sp³-hybridized carbons (Fsp3) is 0.222. The zero-order valence-corrected chi connectivity index (χ0v) is 15.7. The minimum absolute atomic E-state index is 0.633. The molecule has 7 heteroatoms. The molecule has 3 rings (SSSR count). The van der Waals surface area contributed by atoms with E-state index in [1.54, 1.807) is 18.9 Å². The quantitative estimate of drug-likeness (QED) is 0.453. The summed E-state index contributed by atoms with van der Waals surface area (Å²) in [6, 6.07) is 15.8. The maximum Gasteiger partial charge on any atom is 0.210 e. The number of aromatic nitrogens is 2. The number of aryl methyl sites for hydroxylation is 1. The summed E-state index contributed by atoms with van der Waals surface area (Å²) in [6.45, 7) is 2.70. The molecule has 0 aliphatic heterocycles. The van der Waals surface area contributed by atoms with Gasteiger partial charge >= 0.3 is 0 Å². The van der Waals surface area contributed by atoms with Crippen LogP contribution in [0.15, 0.2) is 52.9 Å². The van der Waals surface area contributed by atoms with Crippen molar-refractivity contribution in [3.8, 4) is 11.5 Å². The van der Waals surface area contributed by atoms with E-state index in [1.165, 1.54) is 16.9 Å². The van der Waals surface area contributed by atoms with Crippen molar-refractivity contribution in [1.82, 2.24) is 10.2 Å². The smallest absolute Gasteiger partial charge is 0.210 e. The molecule has 1 aromatic heterocycles. The summed E-state index contributed by atoms with van der Waals surface area (Å²) >= 11 is 3.17. The summed E-state index contributed by atoms with van der Waals surface area (Å²) in [5.74, 6) is 2.54. The lowest BCUT2D eigenvalue weighted by molar-refractivity contribution is 0.344. The first-order chi connectivity index (χ1) is 12.2. The maximum atomic E-state index is 5.72. The van der Waals surface area contributed by atoms with Crippen LogP contribution in [0.2, 0.25) is 0 Å². The highest BCUT2D eigenvalue weighted by Gasteiger charge is 2.05. The molecule has 1 heterocycles. The van der Waals surface area contributed by atoms with Crippen LogP contribution in [0.25, 0.3) is 0 Å². The Morgan fingerprint density at radius 1 is 1.00 bits per heavy atom. The van der Waals surface area contributed by atoms with Crippen LogP contribution < -0.4 is 14.8 Å². The van der Waals surface area contributed by atoms with E-state index in [1.807, 2.05) is 48.5 Å². The topological polar surface area (TPSA) is 56.3 Å². The molecule has 25 heavy (non-hydrogen) atoms. The van der Waals surface area contributed by atoms with Gasteiger partial charge in [0.15, 0.2) is 4.34 Å². The number of hydrogen-bond acceptors (Lipinski definition) is 7. The summed E-state index contributed by atoms with van der Waals surface area (Å²) in [7, 11) is 1.65. The molecular weight excluding hydrogens is 354 g/mol. The van der Waals surface area contributed by atoms with E-state index < -0.39 is 0 Å². The molecule has 0 fully saturated rings. The van der Waals surface area contributed by atoms with Crippen molar-refractivity contribution in [2.45, 2.75) is 11.3 Å². The van der Waals surface area contributed by atoms with Gasteiger partial charge in [-0.25, -0.2) is 0 Å². The summed E-state index contributed by atoms with van der Waals surface area (Å²) < 4.78 is 11.8. The van der Waals surface area contributed by atoms with Crippen LogP contribution in [-0.2, 0) is 0 Å². The van der Waals surface area contributed by atoms with Crippen LogP contribution in [0.5, 0.6) is 11.5 Å². The molecular formula is C18H19N3O2S2. The molecule has 0 spiro atoms. The number of methoxy groups -OCH3 is 1. The molecule has 0 radical (unpaired) electrons. The first kappa shape index (κ1) is 17.6. The molecule has 0 aliphatic carbocycles. The van der Waals surface area contributed by atoms with Crippen molar-refractivity contribution < 1.29 is 9.47 Å². The van der Waals surface area contributed by atoms with Crippen LogP contribution in [0.3, 0.4) is 0 Å². The molecule has 0 saturated heterocycles.